The molecule has 0 aliphatic heterocycles. The van der Waals surface area contributed by atoms with Crippen LogP contribution in [0.5, 0.6) is 0 Å². The van der Waals surface area contributed by atoms with E-state index in [9.17, 15) is 4.79 Å². The first kappa shape index (κ1) is 13.3. The highest BCUT2D eigenvalue weighted by molar-refractivity contribution is 5.78. The van der Waals surface area contributed by atoms with E-state index >= 15 is 0 Å². The van der Waals surface area contributed by atoms with E-state index in [1.165, 1.54) is 6.20 Å². The Labute approximate surface area is 105 Å². The number of rotatable bonds is 4. The molecule has 2 N–H and O–H groups in total. The molecule has 5 nitrogen and oxygen atoms in total. The summed E-state index contributed by atoms with van der Waals surface area (Å²) in [6.45, 7) is 0. The summed E-state index contributed by atoms with van der Waals surface area (Å²) in [5.74, 6) is -0.0718. The van der Waals surface area contributed by atoms with Crippen LogP contribution in [-0.4, -0.2) is 13.0 Å². The minimum Gasteiger partial charge on any atom is -0.360 e. The van der Waals surface area contributed by atoms with E-state index in [1.54, 1.807) is 37.4 Å². The number of allylic oxidation sites excluding steroid dienone is 1. The van der Waals surface area contributed by atoms with Crippen molar-refractivity contribution in [1.29, 1.82) is 10.5 Å². The van der Waals surface area contributed by atoms with E-state index in [0.717, 1.165) is 11.3 Å². The molecule has 0 bridgehead atoms. The third kappa shape index (κ3) is 3.99. The fraction of sp³-hybridized carbons (Fsp3) is 0.154. The standard InChI is InChI=1S/C13H12N4O/c1-16-13(18)6-10-3-2-4-12(5-10)17-9-11(7-14)8-15/h2-5,9,17H,6H2,1H3,(H,16,18). The van der Waals surface area contributed by atoms with Gasteiger partial charge in [-0.2, -0.15) is 10.5 Å². The molecule has 0 radical (unpaired) electrons. The zero-order valence-electron chi connectivity index (χ0n) is 9.90. The molecule has 90 valence electrons. The second-order valence-electron chi connectivity index (χ2n) is 3.48. The first-order valence-corrected chi connectivity index (χ1v) is 5.26. The topological polar surface area (TPSA) is 88.7 Å². The van der Waals surface area contributed by atoms with E-state index < -0.39 is 0 Å². The summed E-state index contributed by atoms with van der Waals surface area (Å²) >= 11 is 0. The number of nitriles is 2. The molecule has 1 rings (SSSR count). The molecule has 0 spiro atoms. The number of hydrogen-bond acceptors (Lipinski definition) is 4. The SMILES string of the molecule is CNC(=O)Cc1cccc(NC=C(C#N)C#N)c1. The molecule has 1 aromatic carbocycles. The molecule has 0 heterocycles. The lowest BCUT2D eigenvalue weighted by Crippen LogP contribution is -2.19. The molecule has 1 aromatic rings. The first-order valence-electron chi connectivity index (χ1n) is 5.26. The first-order chi connectivity index (χ1) is 8.69. The van der Waals surface area contributed by atoms with Gasteiger partial charge in [0.1, 0.15) is 17.7 Å². The summed E-state index contributed by atoms with van der Waals surface area (Å²) in [5, 5.41) is 22.5. The van der Waals surface area contributed by atoms with Crippen LogP contribution < -0.4 is 10.6 Å². The predicted molar refractivity (Wildman–Crippen MR) is 67.1 cm³/mol. The molecule has 0 aliphatic carbocycles. The molecule has 0 saturated heterocycles. The van der Waals surface area contributed by atoms with Gasteiger partial charge < -0.3 is 10.6 Å². The quantitative estimate of drug-likeness (QED) is 0.777. The smallest absolute Gasteiger partial charge is 0.224 e. The fourth-order valence-electron chi connectivity index (χ4n) is 1.29. The molecule has 1 amide bonds. The summed E-state index contributed by atoms with van der Waals surface area (Å²) in [7, 11) is 1.58. The number of likely N-dealkylation sites (N-methyl/N-ethyl adjacent to an activating group) is 1. The van der Waals surface area contributed by atoms with Crippen molar-refractivity contribution in [3.05, 3.63) is 41.6 Å². The number of anilines is 1. The van der Waals surface area contributed by atoms with Crippen LogP contribution in [0.2, 0.25) is 0 Å². The molecule has 5 heteroatoms. The number of benzene rings is 1. The Hall–Kier alpha value is -2.79. The average molecular weight is 240 g/mol. The van der Waals surface area contributed by atoms with Gasteiger partial charge >= 0.3 is 0 Å². The van der Waals surface area contributed by atoms with Crippen LogP contribution in [-0.2, 0) is 11.2 Å². The molecule has 0 fully saturated rings. The van der Waals surface area contributed by atoms with Gasteiger partial charge in [-0.1, -0.05) is 12.1 Å². The van der Waals surface area contributed by atoms with Crippen molar-refractivity contribution < 1.29 is 4.79 Å². The summed E-state index contributed by atoms with van der Waals surface area (Å²) in [4.78, 5) is 11.2. The maximum absolute atomic E-state index is 11.2. The largest absolute Gasteiger partial charge is 0.360 e. The van der Waals surface area contributed by atoms with Gasteiger partial charge in [-0.05, 0) is 17.7 Å². The Morgan fingerprint density at radius 3 is 2.72 bits per heavy atom. The number of carbonyl (C=O) groups is 1. The molecule has 0 saturated carbocycles. The Morgan fingerprint density at radius 1 is 1.39 bits per heavy atom. The second-order valence-corrected chi connectivity index (χ2v) is 3.48. The van der Waals surface area contributed by atoms with Gasteiger partial charge in [-0.15, -0.1) is 0 Å². The Bertz CT molecular complexity index is 533. The molecule has 0 aromatic heterocycles. The van der Waals surface area contributed by atoms with Crippen molar-refractivity contribution in [1.82, 2.24) is 5.32 Å². The Morgan fingerprint density at radius 2 is 2.11 bits per heavy atom. The highest BCUT2D eigenvalue weighted by Gasteiger charge is 2.01. The molecular formula is C13H12N4O. The lowest BCUT2D eigenvalue weighted by molar-refractivity contribution is -0.119. The third-order valence-electron chi connectivity index (χ3n) is 2.19. The maximum Gasteiger partial charge on any atom is 0.224 e. The van der Waals surface area contributed by atoms with E-state index in [2.05, 4.69) is 10.6 Å². The van der Waals surface area contributed by atoms with Crippen LogP contribution in [0.25, 0.3) is 0 Å². The summed E-state index contributed by atoms with van der Waals surface area (Å²) in [6.07, 6.45) is 1.62. The summed E-state index contributed by atoms with van der Waals surface area (Å²) < 4.78 is 0. The molecule has 0 aliphatic rings. The van der Waals surface area contributed by atoms with Crippen LogP contribution in [0.15, 0.2) is 36.0 Å². The van der Waals surface area contributed by atoms with Crippen LogP contribution in [0.4, 0.5) is 5.69 Å². The average Bonchev–Trinajstić information content (AvgIpc) is 2.40. The summed E-state index contributed by atoms with van der Waals surface area (Å²) in [5.41, 5.74) is 1.56. The zero-order chi connectivity index (χ0) is 13.4. The minimum absolute atomic E-state index is 0.00768. The fourth-order valence-corrected chi connectivity index (χ4v) is 1.29. The van der Waals surface area contributed by atoms with Crippen molar-refractivity contribution >= 4 is 11.6 Å². The van der Waals surface area contributed by atoms with Gasteiger partial charge in [0.15, 0.2) is 0 Å². The summed E-state index contributed by atoms with van der Waals surface area (Å²) in [6, 6.07) is 10.7. The molecular weight excluding hydrogens is 228 g/mol. The van der Waals surface area contributed by atoms with E-state index in [4.69, 9.17) is 10.5 Å². The van der Waals surface area contributed by atoms with Gasteiger partial charge in [0.2, 0.25) is 5.91 Å². The van der Waals surface area contributed by atoms with E-state index in [-0.39, 0.29) is 11.5 Å². The number of hydrogen-bond donors (Lipinski definition) is 2. The molecule has 18 heavy (non-hydrogen) atoms. The Balaban J connectivity index is 2.78. The van der Waals surface area contributed by atoms with Crippen molar-refractivity contribution in [2.24, 2.45) is 0 Å². The number of nitrogens with one attached hydrogen (secondary N) is 2. The van der Waals surface area contributed by atoms with Crippen molar-refractivity contribution in [3.63, 3.8) is 0 Å². The highest BCUT2D eigenvalue weighted by Crippen LogP contribution is 2.11. The lowest BCUT2D eigenvalue weighted by Gasteiger charge is -2.04. The van der Waals surface area contributed by atoms with Crippen molar-refractivity contribution in [3.8, 4) is 12.1 Å². The zero-order valence-corrected chi connectivity index (χ0v) is 9.90. The van der Waals surface area contributed by atoms with Gasteiger partial charge in [0.25, 0.3) is 0 Å². The lowest BCUT2D eigenvalue weighted by atomic mass is 10.1. The molecule has 0 atom stereocenters. The van der Waals surface area contributed by atoms with Gasteiger partial charge in [-0.3, -0.25) is 4.79 Å². The normalized spacial score (nSPS) is 8.61. The molecule has 0 unspecified atom stereocenters. The van der Waals surface area contributed by atoms with E-state index in [1.807, 2.05) is 6.07 Å². The van der Waals surface area contributed by atoms with Crippen LogP contribution in [0.3, 0.4) is 0 Å². The number of amides is 1. The Kier molecular flexibility index (Phi) is 4.96. The van der Waals surface area contributed by atoms with Gasteiger partial charge in [0, 0.05) is 18.9 Å². The van der Waals surface area contributed by atoms with Crippen LogP contribution in [0.1, 0.15) is 5.56 Å². The third-order valence-corrected chi connectivity index (χ3v) is 2.19. The minimum atomic E-state index is -0.0718. The highest BCUT2D eigenvalue weighted by atomic mass is 16.1. The maximum atomic E-state index is 11.2. The van der Waals surface area contributed by atoms with Gasteiger partial charge in [0.05, 0.1) is 6.42 Å². The van der Waals surface area contributed by atoms with Crippen LogP contribution >= 0.6 is 0 Å². The van der Waals surface area contributed by atoms with Crippen molar-refractivity contribution in [2.75, 3.05) is 12.4 Å². The van der Waals surface area contributed by atoms with E-state index in [0.29, 0.717) is 6.42 Å². The second kappa shape index (κ2) is 6.72. The number of carbonyl (C=O) groups excluding carboxylic acids is 1. The monoisotopic (exact) mass is 240 g/mol. The van der Waals surface area contributed by atoms with Crippen molar-refractivity contribution in [2.45, 2.75) is 6.42 Å². The number of nitrogens with zero attached hydrogens (tertiary/aromatic N) is 2. The van der Waals surface area contributed by atoms with Crippen LogP contribution in [0, 0.1) is 22.7 Å². The predicted octanol–water partition coefficient (Wildman–Crippen LogP) is 1.32. The van der Waals surface area contributed by atoms with Gasteiger partial charge in [-0.25, -0.2) is 0 Å².